The Hall–Kier alpha value is -1.47. The molecule has 2 unspecified atom stereocenters. The lowest BCUT2D eigenvalue weighted by Crippen LogP contribution is -2.50. The van der Waals surface area contributed by atoms with Gasteiger partial charge in [0.2, 0.25) is 5.91 Å². The summed E-state index contributed by atoms with van der Waals surface area (Å²) in [5.41, 5.74) is 0.117. The molecule has 0 bridgehead atoms. The first-order chi connectivity index (χ1) is 8.91. The number of rotatable bonds is 2. The molecule has 0 saturated carbocycles. The van der Waals surface area contributed by atoms with E-state index in [1.807, 2.05) is 0 Å². The number of hydrogen-bond donors (Lipinski definition) is 1. The molecule has 1 amide bonds. The lowest BCUT2D eigenvalue weighted by atomic mass is 9.98. The maximum Gasteiger partial charge on any atom is 0.335 e. The number of morpholine rings is 1. The molecule has 102 valence electrons. The number of carbonyl (C=O) groups excluding carboxylic acids is 1. The molecule has 0 radical (unpaired) electrons. The maximum absolute atomic E-state index is 14.0. The number of aliphatic carboxylic acids is 1. The number of carboxylic acid groups (broad SMARTS) is 1. The molecule has 1 aromatic carbocycles. The van der Waals surface area contributed by atoms with E-state index in [2.05, 4.69) is 15.9 Å². The van der Waals surface area contributed by atoms with Gasteiger partial charge in [-0.05, 0) is 12.1 Å². The number of halogens is 2. The second kappa shape index (κ2) is 5.26. The second-order valence-electron chi connectivity index (χ2n) is 4.19. The van der Waals surface area contributed by atoms with Gasteiger partial charge in [-0.15, -0.1) is 0 Å². The van der Waals surface area contributed by atoms with E-state index >= 15 is 0 Å². The van der Waals surface area contributed by atoms with Crippen molar-refractivity contribution in [2.45, 2.75) is 12.1 Å². The van der Waals surface area contributed by atoms with Gasteiger partial charge in [0.05, 0.1) is 6.04 Å². The van der Waals surface area contributed by atoms with Crippen LogP contribution in [0, 0.1) is 5.82 Å². The third-order valence-electron chi connectivity index (χ3n) is 3.01. The molecule has 2 atom stereocenters. The van der Waals surface area contributed by atoms with Gasteiger partial charge >= 0.3 is 5.97 Å². The van der Waals surface area contributed by atoms with Gasteiger partial charge in [0.15, 0.2) is 6.10 Å². The highest BCUT2D eigenvalue weighted by molar-refractivity contribution is 9.10. The molecule has 1 saturated heterocycles. The van der Waals surface area contributed by atoms with Crippen molar-refractivity contribution in [1.82, 2.24) is 4.90 Å². The third-order valence-corrected chi connectivity index (χ3v) is 3.50. The van der Waals surface area contributed by atoms with Gasteiger partial charge in [0.1, 0.15) is 12.4 Å². The van der Waals surface area contributed by atoms with Crippen molar-refractivity contribution < 1.29 is 23.8 Å². The standard InChI is InChI=1S/C12H11BrFNO4/c1-15-9(16)5-19-11(12(17)18)10(15)7-3-2-6(13)4-8(7)14/h2-4,10-11H,5H2,1H3,(H,17,18). The topological polar surface area (TPSA) is 66.8 Å². The molecule has 1 aromatic rings. The van der Waals surface area contributed by atoms with Crippen molar-refractivity contribution in [3.8, 4) is 0 Å². The second-order valence-corrected chi connectivity index (χ2v) is 5.10. The van der Waals surface area contributed by atoms with Crippen molar-refractivity contribution in [1.29, 1.82) is 0 Å². The van der Waals surface area contributed by atoms with Crippen molar-refractivity contribution in [2.24, 2.45) is 0 Å². The van der Waals surface area contributed by atoms with Gasteiger partial charge in [0, 0.05) is 17.1 Å². The molecular weight excluding hydrogens is 321 g/mol. The zero-order chi connectivity index (χ0) is 14.2. The van der Waals surface area contributed by atoms with Gasteiger partial charge < -0.3 is 14.7 Å². The summed E-state index contributed by atoms with van der Waals surface area (Å²) in [6, 6.07) is 3.27. The first-order valence-electron chi connectivity index (χ1n) is 5.47. The Morgan fingerprint density at radius 2 is 2.26 bits per heavy atom. The fraction of sp³-hybridized carbons (Fsp3) is 0.333. The van der Waals surface area contributed by atoms with Crippen molar-refractivity contribution in [3.63, 3.8) is 0 Å². The monoisotopic (exact) mass is 331 g/mol. The maximum atomic E-state index is 14.0. The smallest absolute Gasteiger partial charge is 0.335 e. The largest absolute Gasteiger partial charge is 0.479 e. The fourth-order valence-corrected chi connectivity index (χ4v) is 2.36. The summed E-state index contributed by atoms with van der Waals surface area (Å²) < 4.78 is 19.5. The van der Waals surface area contributed by atoms with Crippen LogP contribution in [0.1, 0.15) is 11.6 Å². The predicted molar refractivity (Wildman–Crippen MR) is 67.0 cm³/mol. The van der Waals surface area contributed by atoms with Gasteiger partial charge in [-0.25, -0.2) is 9.18 Å². The average Bonchev–Trinajstić information content (AvgIpc) is 2.33. The first kappa shape index (κ1) is 14.0. The van der Waals surface area contributed by atoms with E-state index in [1.165, 1.54) is 24.1 Å². The molecule has 0 aliphatic carbocycles. The van der Waals surface area contributed by atoms with E-state index in [9.17, 15) is 14.0 Å². The summed E-state index contributed by atoms with van der Waals surface area (Å²) in [6.07, 6.45) is -1.28. The molecule has 1 fully saturated rings. The minimum absolute atomic E-state index is 0.117. The van der Waals surface area contributed by atoms with Crippen LogP contribution in [-0.4, -0.2) is 41.6 Å². The SMILES string of the molecule is CN1C(=O)COC(C(=O)O)C1c1ccc(Br)cc1F. The molecule has 1 N–H and O–H groups in total. The first-order valence-corrected chi connectivity index (χ1v) is 6.26. The molecule has 19 heavy (non-hydrogen) atoms. The zero-order valence-corrected chi connectivity index (χ0v) is 11.6. The van der Waals surface area contributed by atoms with Crippen LogP contribution in [0.3, 0.4) is 0 Å². The molecule has 5 nitrogen and oxygen atoms in total. The fourth-order valence-electron chi connectivity index (χ4n) is 2.03. The van der Waals surface area contributed by atoms with Crippen LogP contribution >= 0.6 is 15.9 Å². The van der Waals surface area contributed by atoms with E-state index in [0.29, 0.717) is 4.47 Å². The van der Waals surface area contributed by atoms with Crippen LogP contribution < -0.4 is 0 Å². The molecule has 0 spiro atoms. The number of carbonyl (C=O) groups is 2. The van der Waals surface area contributed by atoms with Crippen LogP contribution in [0.25, 0.3) is 0 Å². The van der Waals surface area contributed by atoms with Crippen molar-refractivity contribution in [3.05, 3.63) is 34.1 Å². The Morgan fingerprint density at radius 3 is 2.84 bits per heavy atom. The number of likely N-dealkylation sites (N-methyl/N-ethyl adjacent to an activating group) is 1. The minimum Gasteiger partial charge on any atom is -0.479 e. The summed E-state index contributed by atoms with van der Waals surface area (Å²) in [7, 11) is 1.44. The van der Waals surface area contributed by atoms with Gasteiger partial charge in [-0.3, -0.25) is 4.79 Å². The van der Waals surface area contributed by atoms with Gasteiger partial charge in [-0.1, -0.05) is 22.0 Å². The summed E-state index contributed by atoms with van der Waals surface area (Å²) in [6.45, 7) is -0.317. The molecular formula is C12H11BrFNO4. The van der Waals surface area contributed by atoms with Gasteiger partial charge in [-0.2, -0.15) is 0 Å². The quantitative estimate of drug-likeness (QED) is 0.893. The summed E-state index contributed by atoms with van der Waals surface area (Å²) in [4.78, 5) is 24.0. The Kier molecular flexibility index (Phi) is 3.86. The van der Waals surface area contributed by atoms with Crippen LogP contribution in [0.2, 0.25) is 0 Å². The van der Waals surface area contributed by atoms with E-state index < -0.39 is 23.9 Å². The number of hydrogen-bond acceptors (Lipinski definition) is 3. The third kappa shape index (κ3) is 2.62. The highest BCUT2D eigenvalue weighted by atomic mass is 79.9. The predicted octanol–water partition coefficient (Wildman–Crippen LogP) is 1.57. The number of ether oxygens (including phenoxy) is 1. The minimum atomic E-state index is -1.28. The Balaban J connectivity index is 2.46. The number of benzene rings is 1. The Labute approximate surface area is 117 Å². The van der Waals surface area contributed by atoms with Crippen LogP contribution in [0.15, 0.2) is 22.7 Å². The highest BCUT2D eigenvalue weighted by Crippen LogP contribution is 2.32. The molecule has 2 rings (SSSR count). The Bertz CT molecular complexity index is 536. The van der Waals surface area contributed by atoms with E-state index in [1.54, 1.807) is 6.07 Å². The van der Waals surface area contributed by atoms with E-state index in [4.69, 9.17) is 9.84 Å². The molecule has 1 heterocycles. The van der Waals surface area contributed by atoms with Crippen molar-refractivity contribution >= 4 is 27.8 Å². The summed E-state index contributed by atoms with van der Waals surface area (Å²) in [5, 5.41) is 9.12. The average molecular weight is 332 g/mol. The molecule has 0 aromatic heterocycles. The number of amides is 1. The number of carboxylic acids is 1. The summed E-state index contributed by atoms with van der Waals surface area (Å²) in [5.74, 6) is -2.20. The zero-order valence-electron chi connectivity index (χ0n) is 9.97. The molecule has 1 aliphatic heterocycles. The number of nitrogens with zero attached hydrogens (tertiary/aromatic N) is 1. The molecule has 7 heteroatoms. The van der Waals surface area contributed by atoms with Crippen LogP contribution in [0.4, 0.5) is 4.39 Å². The van der Waals surface area contributed by atoms with Crippen LogP contribution in [-0.2, 0) is 14.3 Å². The lowest BCUT2D eigenvalue weighted by molar-refractivity contribution is -0.171. The normalized spacial score (nSPS) is 23.5. The van der Waals surface area contributed by atoms with Crippen LogP contribution in [0.5, 0.6) is 0 Å². The van der Waals surface area contributed by atoms with Crippen molar-refractivity contribution in [2.75, 3.05) is 13.7 Å². The lowest BCUT2D eigenvalue weighted by Gasteiger charge is -2.37. The van der Waals surface area contributed by atoms with E-state index in [0.717, 1.165) is 0 Å². The Morgan fingerprint density at radius 1 is 1.58 bits per heavy atom. The molecule has 1 aliphatic rings. The van der Waals surface area contributed by atoms with Gasteiger partial charge in [0.25, 0.3) is 0 Å². The van der Waals surface area contributed by atoms with E-state index in [-0.39, 0.29) is 18.1 Å². The summed E-state index contributed by atoms with van der Waals surface area (Å²) >= 11 is 3.12. The highest BCUT2D eigenvalue weighted by Gasteiger charge is 2.41.